The van der Waals surface area contributed by atoms with E-state index in [9.17, 15) is 13.2 Å². The van der Waals surface area contributed by atoms with Crippen molar-refractivity contribution in [3.05, 3.63) is 29.8 Å². The third-order valence-electron chi connectivity index (χ3n) is 2.50. The van der Waals surface area contributed by atoms with E-state index in [2.05, 4.69) is 4.74 Å². The summed E-state index contributed by atoms with van der Waals surface area (Å²) >= 11 is 0. The summed E-state index contributed by atoms with van der Waals surface area (Å²) in [6, 6.07) is 5.91. The van der Waals surface area contributed by atoms with Crippen LogP contribution in [0.1, 0.15) is 31.2 Å². The molecule has 95 valence electrons. The Kier molecular flexibility index (Phi) is 4.81. The van der Waals surface area contributed by atoms with Crippen LogP contribution in [0.4, 0.5) is 13.2 Å². The molecule has 0 aromatic heterocycles. The van der Waals surface area contributed by atoms with Gasteiger partial charge in [-0.1, -0.05) is 19.1 Å². The summed E-state index contributed by atoms with van der Waals surface area (Å²) in [5.74, 6) is 0.0502. The van der Waals surface area contributed by atoms with E-state index in [1.807, 2.05) is 6.92 Å². The molecule has 1 rings (SSSR count). The summed E-state index contributed by atoms with van der Waals surface area (Å²) in [5.41, 5.74) is 8.01. The Bertz CT molecular complexity index is 335. The van der Waals surface area contributed by atoms with Gasteiger partial charge in [0.2, 0.25) is 0 Å². The molecule has 0 spiro atoms. The molecule has 0 fully saturated rings. The van der Waals surface area contributed by atoms with Crippen LogP contribution >= 0.6 is 0 Å². The third-order valence-corrected chi connectivity index (χ3v) is 2.50. The Morgan fingerprint density at radius 1 is 1.24 bits per heavy atom. The van der Waals surface area contributed by atoms with Gasteiger partial charge in [-0.25, -0.2) is 0 Å². The fraction of sp³-hybridized carbons (Fsp3) is 0.500. The summed E-state index contributed by atoms with van der Waals surface area (Å²) < 4.78 is 39.6. The number of rotatable bonds is 5. The Morgan fingerprint density at radius 2 is 1.82 bits per heavy atom. The molecule has 2 nitrogen and oxygen atoms in total. The van der Waals surface area contributed by atoms with Crippen molar-refractivity contribution in [2.24, 2.45) is 0 Å². The molecule has 1 aromatic carbocycles. The van der Waals surface area contributed by atoms with Crippen LogP contribution in [0.15, 0.2) is 24.3 Å². The normalized spacial score (nSPS) is 13.5. The first-order chi connectivity index (χ1) is 7.92. The average Bonchev–Trinajstić information content (AvgIpc) is 2.24. The highest BCUT2D eigenvalue weighted by atomic mass is 19.4. The second-order valence-corrected chi connectivity index (χ2v) is 3.91. The molecule has 0 heterocycles. The lowest BCUT2D eigenvalue weighted by atomic mass is 9.96. The van der Waals surface area contributed by atoms with Crippen molar-refractivity contribution in [3.8, 4) is 5.75 Å². The lowest BCUT2D eigenvalue weighted by molar-refractivity contribution is -0.274. The van der Waals surface area contributed by atoms with Crippen LogP contribution in [0, 0.1) is 0 Å². The molecule has 0 aliphatic heterocycles. The zero-order valence-electron chi connectivity index (χ0n) is 9.55. The van der Waals surface area contributed by atoms with Crippen molar-refractivity contribution < 1.29 is 17.9 Å². The number of ether oxygens (including phenoxy) is 1. The summed E-state index contributed by atoms with van der Waals surface area (Å²) in [7, 11) is 0. The minimum atomic E-state index is -4.64. The minimum Gasteiger partial charge on any atom is -0.406 e. The summed E-state index contributed by atoms with van der Waals surface area (Å²) in [5, 5.41) is 0. The Morgan fingerprint density at radius 3 is 2.29 bits per heavy atom. The van der Waals surface area contributed by atoms with Gasteiger partial charge in [0.25, 0.3) is 0 Å². The van der Waals surface area contributed by atoms with Crippen LogP contribution in [0.5, 0.6) is 5.75 Å². The highest BCUT2D eigenvalue weighted by Gasteiger charge is 2.30. The van der Waals surface area contributed by atoms with Gasteiger partial charge in [0.05, 0.1) is 0 Å². The summed E-state index contributed by atoms with van der Waals surface area (Å²) in [4.78, 5) is 0. The lowest BCUT2D eigenvalue weighted by Gasteiger charge is -2.13. The molecule has 0 aliphatic rings. The van der Waals surface area contributed by atoms with E-state index in [-0.39, 0.29) is 11.7 Å². The number of alkyl halides is 3. The van der Waals surface area contributed by atoms with E-state index >= 15 is 0 Å². The van der Waals surface area contributed by atoms with Crippen molar-refractivity contribution in [1.29, 1.82) is 0 Å². The van der Waals surface area contributed by atoms with Crippen LogP contribution < -0.4 is 10.5 Å². The molecule has 1 atom stereocenters. The fourth-order valence-corrected chi connectivity index (χ4v) is 1.57. The maximum Gasteiger partial charge on any atom is 0.573 e. The lowest BCUT2D eigenvalue weighted by Crippen LogP contribution is -2.17. The smallest absolute Gasteiger partial charge is 0.406 e. The van der Waals surface area contributed by atoms with E-state index in [1.54, 1.807) is 12.1 Å². The molecular formula is C12H15F3NO. The Labute approximate surface area is 98.6 Å². The third kappa shape index (κ3) is 5.08. The standard InChI is InChI=1S/C12H15F3NO/c1-9(3-2-8-16)10-4-6-11(7-5-10)17-12(13,14)15/h4-7,9,16H,2-3,8H2,1H3. The number of hydrogen-bond donors (Lipinski definition) is 0. The molecule has 17 heavy (non-hydrogen) atoms. The second kappa shape index (κ2) is 5.91. The average molecular weight is 246 g/mol. The maximum atomic E-state index is 11.9. The van der Waals surface area contributed by atoms with Crippen LogP contribution in [-0.2, 0) is 0 Å². The molecule has 1 N–H and O–H groups in total. The van der Waals surface area contributed by atoms with Gasteiger partial charge in [-0.05, 0) is 36.5 Å². The van der Waals surface area contributed by atoms with Gasteiger partial charge < -0.3 is 4.74 Å². The van der Waals surface area contributed by atoms with Gasteiger partial charge >= 0.3 is 6.36 Å². The molecule has 0 bridgehead atoms. The molecule has 0 saturated heterocycles. The van der Waals surface area contributed by atoms with E-state index in [0.717, 1.165) is 18.4 Å². The fourth-order valence-electron chi connectivity index (χ4n) is 1.57. The van der Waals surface area contributed by atoms with E-state index < -0.39 is 6.36 Å². The van der Waals surface area contributed by atoms with Crippen molar-refractivity contribution in [3.63, 3.8) is 0 Å². The number of hydrogen-bond acceptors (Lipinski definition) is 1. The van der Waals surface area contributed by atoms with Crippen molar-refractivity contribution >= 4 is 0 Å². The molecular weight excluding hydrogens is 231 g/mol. The highest BCUT2D eigenvalue weighted by Crippen LogP contribution is 2.26. The Hall–Kier alpha value is -1.23. The zero-order chi connectivity index (χ0) is 12.9. The predicted octanol–water partition coefficient (Wildman–Crippen LogP) is 3.75. The van der Waals surface area contributed by atoms with Crippen LogP contribution in [0.3, 0.4) is 0 Å². The van der Waals surface area contributed by atoms with Crippen LogP contribution in [0.2, 0.25) is 0 Å². The van der Waals surface area contributed by atoms with Gasteiger partial charge in [-0.15, -0.1) is 13.2 Å². The van der Waals surface area contributed by atoms with Gasteiger partial charge in [-0.2, -0.15) is 0 Å². The first kappa shape index (κ1) is 13.8. The Balaban J connectivity index is 2.61. The van der Waals surface area contributed by atoms with E-state index in [0.29, 0.717) is 6.54 Å². The first-order valence-electron chi connectivity index (χ1n) is 5.42. The zero-order valence-corrected chi connectivity index (χ0v) is 9.55. The molecule has 0 saturated carbocycles. The SMILES string of the molecule is CC(CCC[NH])c1ccc(OC(F)(F)F)cc1. The molecule has 1 radical (unpaired) electrons. The van der Waals surface area contributed by atoms with Gasteiger partial charge in [0, 0.05) is 6.54 Å². The number of halogens is 3. The number of nitrogens with one attached hydrogen (secondary N) is 1. The highest BCUT2D eigenvalue weighted by molar-refractivity contribution is 5.29. The molecule has 5 heteroatoms. The van der Waals surface area contributed by atoms with E-state index in [4.69, 9.17) is 5.73 Å². The monoisotopic (exact) mass is 246 g/mol. The molecule has 1 aromatic rings. The largest absolute Gasteiger partial charge is 0.573 e. The predicted molar refractivity (Wildman–Crippen MR) is 58.7 cm³/mol. The number of benzene rings is 1. The molecule has 0 amide bonds. The minimum absolute atomic E-state index is 0.200. The summed E-state index contributed by atoms with van der Waals surface area (Å²) in [6.07, 6.45) is -2.98. The first-order valence-corrected chi connectivity index (χ1v) is 5.42. The van der Waals surface area contributed by atoms with Crippen molar-refractivity contribution in [1.82, 2.24) is 5.73 Å². The van der Waals surface area contributed by atoms with Crippen molar-refractivity contribution in [2.45, 2.75) is 32.0 Å². The van der Waals surface area contributed by atoms with Gasteiger partial charge in [0.15, 0.2) is 0 Å². The van der Waals surface area contributed by atoms with Crippen LogP contribution in [-0.4, -0.2) is 12.9 Å². The van der Waals surface area contributed by atoms with Gasteiger partial charge in [0.1, 0.15) is 5.75 Å². The molecule has 0 aliphatic carbocycles. The second-order valence-electron chi connectivity index (χ2n) is 3.91. The topological polar surface area (TPSA) is 33.0 Å². The van der Waals surface area contributed by atoms with E-state index in [1.165, 1.54) is 12.1 Å². The van der Waals surface area contributed by atoms with Crippen LogP contribution in [0.25, 0.3) is 0 Å². The van der Waals surface area contributed by atoms with Crippen molar-refractivity contribution in [2.75, 3.05) is 6.54 Å². The quantitative estimate of drug-likeness (QED) is 0.778. The maximum absolute atomic E-state index is 11.9. The summed E-state index contributed by atoms with van der Waals surface area (Å²) in [6.45, 7) is 2.37. The molecule has 1 unspecified atom stereocenters. The van der Waals surface area contributed by atoms with Gasteiger partial charge in [-0.3, -0.25) is 5.73 Å².